The van der Waals surface area contributed by atoms with Crippen LogP contribution >= 0.6 is 9.24 Å². The standard InChI is InChI=1S/C9H11P/c1-6-4-7(2)9(10)8(3)5-6/h4-5H,1-3H3. The van der Waals surface area contributed by atoms with Crippen LogP contribution in [0.1, 0.15) is 16.7 Å². The SMILES string of the molecule is Cc1cc(C)c([P])c(C)c1. The highest BCUT2D eigenvalue weighted by Gasteiger charge is 1.97. The first kappa shape index (κ1) is 7.75. The van der Waals surface area contributed by atoms with Gasteiger partial charge in [-0.3, -0.25) is 0 Å². The number of hydrogen-bond donors (Lipinski definition) is 0. The van der Waals surface area contributed by atoms with Crippen LogP contribution in [0.3, 0.4) is 0 Å². The second-order valence-electron chi connectivity index (χ2n) is 2.75. The maximum absolute atomic E-state index is 4.36. The maximum Gasteiger partial charge on any atom is -0.00505 e. The quantitative estimate of drug-likeness (QED) is 0.499. The van der Waals surface area contributed by atoms with E-state index in [-0.39, 0.29) is 0 Å². The normalized spacial score (nSPS) is 10.0. The van der Waals surface area contributed by atoms with E-state index in [0.717, 1.165) is 5.30 Å². The minimum absolute atomic E-state index is 1.12. The van der Waals surface area contributed by atoms with Gasteiger partial charge in [0.2, 0.25) is 0 Å². The molecule has 1 heteroatoms. The van der Waals surface area contributed by atoms with Crippen molar-refractivity contribution >= 4 is 14.5 Å². The van der Waals surface area contributed by atoms with Gasteiger partial charge in [0, 0.05) is 0 Å². The Kier molecular flexibility index (Phi) is 2.11. The highest BCUT2D eigenvalue weighted by molar-refractivity contribution is 7.27. The Labute approximate surface area is 64.9 Å². The van der Waals surface area contributed by atoms with E-state index in [9.17, 15) is 0 Å². The van der Waals surface area contributed by atoms with Crippen LogP contribution in [-0.2, 0) is 0 Å². The summed E-state index contributed by atoms with van der Waals surface area (Å²) in [4.78, 5) is 0. The topological polar surface area (TPSA) is 0 Å². The number of benzene rings is 1. The molecule has 0 bridgehead atoms. The van der Waals surface area contributed by atoms with Crippen molar-refractivity contribution < 1.29 is 0 Å². The summed E-state index contributed by atoms with van der Waals surface area (Å²) in [6.07, 6.45) is 0. The predicted molar refractivity (Wildman–Crippen MR) is 47.2 cm³/mol. The summed E-state index contributed by atoms with van der Waals surface area (Å²) in [7, 11) is 4.36. The van der Waals surface area contributed by atoms with Crippen LogP contribution in [0.25, 0.3) is 0 Å². The fraction of sp³-hybridized carbons (Fsp3) is 0.333. The zero-order valence-corrected chi connectivity index (χ0v) is 7.50. The summed E-state index contributed by atoms with van der Waals surface area (Å²) in [5.41, 5.74) is 3.84. The summed E-state index contributed by atoms with van der Waals surface area (Å²) in [5, 5.41) is 1.12. The summed E-state index contributed by atoms with van der Waals surface area (Å²) in [5.74, 6) is 0. The van der Waals surface area contributed by atoms with Crippen LogP contribution in [0.2, 0.25) is 0 Å². The molecule has 1 rings (SSSR count). The van der Waals surface area contributed by atoms with Gasteiger partial charge in [-0.25, -0.2) is 0 Å². The molecule has 0 amide bonds. The first-order chi connectivity index (χ1) is 4.61. The average Bonchev–Trinajstić information content (AvgIpc) is 1.82. The van der Waals surface area contributed by atoms with Crippen molar-refractivity contribution in [1.82, 2.24) is 0 Å². The second-order valence-corrected chi connectivity index (χ2v) is 3.19. The molecule has 2 radical (unpaired) electrons. The molecule has 0 aliphatic rings. The van der Waals surface area contributed by atoms with Crippen LogP contribution in [0.4, 0.5) is 0 Å². The van der Waals surface area contributed by atoms with E-state index >= 15 is 0 Å². The number of aryl methyl sites for hydroxylation is 3. The van der Waals surface area contributed by atoms with E-state index in [1.807, 2.05) is 0 Å². The van der Waals surface area contributed by atoms with E-state index in [1.54, 1.807) is 0 Å². The van der Waals surface area contributed by atoms with E-state index < -0.39 is 0 Å². The van der Waals surface area contributed by atoms with Gasteiger partial charge < -0.3 is 0 Å². The summed E-state index contributed by atoms with van der Waals surface area (Å²) >= 11 is 0. The molecule has 0 aliphatic carbocycles. The van der Waals surface area contributed by atoms with Gasteiger partial charge in [-0.15, -0.1) is 0 Å². The zero-order chi connectivity index (χ0) is 7.72. The van der Waals surface area contributed by atoms with Crippen molar-refractivity contribution in [3.63, 3.8) is 0 Å². The molecular weight excluding hydrogens is 139 g/mol. The average molecular weight is 150 g/mol. The molecule has 0 unspecified atom stereocenters. The van der Waals surface area contributed by atoms with Crippen molar-refractivity contribution in [3.8, 4) is 0 Å². The Balaban J connectivity index is 3.31. The Morgan fingerprint density at radius 3 is 1.80 bits per heavy atom. The van der Waals surface area contributed by atoms with Crippen molar-refractivity contribution in [2.24, 2.45) is 0 Å². The van der Waals surface area contributed by atoms with E-state index in [0.29, 0.717) is 0 Å². The molecule has 10 heavy (non-hydrogen) atoms. The third-order valence-corrected chi connectivity index (χ3v) is 2.34. The molecular formula is C9H11P. The van der Waals surface area contributed by atoms with Crippen molar-refractivity contribution in [1.29, 1.82) is 0 Å². The van der Waals surface area contributed by atoms with Crippen LogP contribution in [-0.4, -0.2) is 0 Å². The minimum Gasteiger partial charge on any atom is -0.0557 e. The highest BCUT2D eigenvalue weighted by atomic mass is 31.0. The monoisotopic (exact) mass is 150 g/mol. The van der Waals surface area contributed by atoms with Gasteiger partial charge in [0.15, 0.2) is 0 Å². The van der Waals surface area contributed by atoms with Gasteiger partial charge in [-0.1, -0.05) is 17.7 Å². The Morgan fingerprint density at radius 1 is 1.00 bits per heavy atom. The number of rotatable bonds is 0. The lowest BCUT2D eigenvalue weighted by atomic mass is 10.1. The van der Waals surface area contributed by atoms with Crippen molar-refractivity contribution in [3.05, 3.63) is 28.8 Å². The third-order valence-electron chi connectivity index (χ3n) is 1.64. The van der Waals surface area contributed by atoms with Gasteiger partial charge in [-0.05, 0) is 46.4 Å². The molecule has 1 aromatic rings. The smallest absolute Gasteiger partial charge is 0.00505 e. The largest absolute Gasteiger partial charge is 0.0557 e. The van der Waals surface area contributed by atoms with Gasteiger partial charge >= 0.3 is 0 Å². The van der Waals surface area contributed by atoms with Gasteiger partial charge in [0.25, 0.3) is 0 Å². The fourth-order valence-electron chi connectivity index (χ4n) is 1.17. The molecule has 0 fully saturated rings. The molecule has 0 aromatic heterocycles. The van der Waals surface area contributed by atoms with E-state index in [4.69, 9.17) is 0 Å². The van der Waals surface area contributed by atoms with Gasteiger partial charge in [0.1, 0.15) is 0 Å². The maximum atomic E-state index is 4.36. The molecule has 0 atom stereocenters. The van der Waals surface area contributed by atoms with Gasteiger partial charge in [-0.2, -0.15) is 0 Å². The summed E-state index contributed by atoms with van der Waals surface area (Å²) in [6.45, 7) is 6.28. The molecule has 0 N–H and O–H groups in total. The molecule has 0 spiro atoms. The Bertz CT molecular complexity index is 228. The first-order valence-corrected chi connectivity index (χ1v) is 3.83. The third kappa shape index (κ3) is 1.38. The molecule has 0 aliphatic heterocycles. The highest BCUT2D eigenvalue weighted by Crippen LogP contribution is 2.07. The first-order valence-electron chi connectivity index (χ1n) is 3.38. The molecule has 1 aromatic carbocycles. The predicted octanol–water partition coefficient (Wildman–Crippen LogP) is 2.65. The Morgan fingerprint density at radius 2 is 1.40 bits per heavy atom. The van der Waals surface area contributed by atoms with Crippen LogP contribution < -0.4 is 5.30 Å². The van der Waals surface area contributed by atoms with Crippen molar-refractivity contribution in [2.45, 2.75) is 20.8 Å². The Hall–Kier alpha value is -0.350. The van der Waals surface area contributed by atoms with Crippen molar-refractivity contribution in [2.75, 3.05) is 0 Å². The van der Waals surface area contributed by atoms with Crippen LogP contribution in [0.5, 0.6) is 0 Å². The van der Waals surface area contributed by atoms with Gasteiger partial charge in [0.05, 0.1) is 0 Å². The molecule has 0 nitrogen and oxygen atoms in total. The molecule has 52 valence electrons. The van der Waals surface area contributed by atoms with E-state index in [2.05, 4.69) is 42.1 Å². The zero-order valence-electron chi connectivity index (χ0n) is 6.60. The molecule has 0 saturated carbocycles. The summed E-state index contributed by atoms with van der Waals surface area (Å²) < 4.78 is 0. The lowest BCUT2D eigenvalue weighted by Gasteiger charge is -2.03. The van der Waals surface area contributed by atoms with E-state index in [1.165, 1.54) is 16.7 Å². The van der Waals surface area contributed by atoms with Crippen LogP contribution in [0, 0.1) is 20.8 Å². The molecule has 0 heterocycles. The second kappa shape index (κ2) is 2.72. The summed E-state index contributed by atoms with van der Waals surface area (Å²) in [6, 6.07) is 4.30. The minimum atomic E-state index is 1.12. The lowest BCUT2D eigenvalue weighted by Crippen LogP contribution is -2.01. The molecule has 0 saturated heterocycles. The number of hydrogen-bond acceptors (Lipinski definition) is 0. The van der Waals surface area contributed by atoms with Crippen LogP contribution in [0.15, 0.2) is 12.1 Å². The lowest BCUT2D eigenvalue weighted by molar-refractivity contribution is 1.36. The fourth-order valence-corrected chi connectivity index (χ4v) is 1.30.